The van der Waals surface area contributed by atoms with Crippen molar-refractivity contribution in [3.8, 4) is 11.5 Å². The van der Waals surface area contributed by atoms with Crippen LogP contribution in [0.5, 0.6) is 11.5 Å². The first-order valence-electron chi connectivity index (χ1n) is 13.6. The van der Waals surface area contributed by atoms with Crippen LogP contribution in [0.25, 0.3) is 32.4 Å². The van der Waals surface area contributed by atoms with E-state index in [1.54, 1.807) is 7.11 Å². The molecule has 0 aliphatic carbocycles. The molecule has 4 heteroatoms. The maximum Gasteiger partial charge on any atom is 0.140 e. The van der Waals surface area contributed by atoms with Crippen molar-refractivity contribution in [1.82, 2.24) is 9.88 Å². The Hall–Kier alpha value is -3.89. The van der Waals surface area contributed by atoms with Gasteiger partial charge in [-0.25, -0.2) is 0 Å². The minimum absolute atomic E-state index is 0.147. The second-order valence-corrected chi connectivity index (χ2v) is 10.7. The molecule has 3 aliphatic heterocycles. The van der Waals surface area contributed by atoms with Crippen LogP contribution < -0.4 is 9.47 Å². The summed E-state index contributed by atoms with van der Waals surface area (Å²) in [6.07, 6.45) is 6.25. The molecule has 1 unspecified atom stereocenters. The molecule has 5 aromatic rings. The van der Waals surface area contributed by atoms with Crippen LogP contribution in [0.15, 0.2) is 97.7 Å². The molecule has 3 fully saturated rings. The fourth-order valence-electron chi connectivity index (χ4n) is 6.82. The van der Waals surface area contributed by atoms with Crippen LogP contribution in [0.2, 0.25) is 0 Å². The van der Waals surface area contributed by atoms with Gasteiger partial charge in [0.25, 0.3) is 0 Å². The lowest BCUT2D eigenvalue weighted by Gasteiger charge is -2.51. The quantitative estimate of drug-likeness (QED) is 0.178. The number of aromatic nitrogens is 1. The van der Waals surface area contributed by atoms with Crippen LogP contribution >= 0.6 is 0 Å². The Balaban J connectivity index is 1.41. The average Bonchev–Trinajstić information content (AvgIpc) is 2.99. The van der Waals surface area contributed by atoms with Crippen LogP contribution in [0.3, 0.4) is 0 Å². The van der Waals surface area contributed by atoms with E-state index in [0.29, 0.717) is 11.8 Å². The Kier molecular flexibility index (Phi) is 5.78. The van der Waals surface area contributed by atoms with Crippen molar-refractivity contribution in [3.05, 3.63) is 103 Å². The van der Waals surface area contributed by atoms with Gasteiger partial charge in [0, 0.05) is 29.1 Å². The van der Waals surface area contributed by atoms with E-state index in [0.717, 1.165) is 47.3 Å². The molecule has 0 spiro atoms. The molecule has 4 heterocycles. The Morgan fingerprint density at radius 3 is 2.55 bits per heavy atom. The molecule has 0 N–H and O–H groups in total. The van der Waals surface area contributed by atoms with Gasteiger partial charge in [-0.15, -0.1) is 6.58 Å². The van der Waals surface area contributed by atoms with Crippen molar-refractivity contribution in [2.45, 2.75) is 25.0 Å². The van der Waals surface area contributed by atoms with E-state index < -0.39 is 0 Å². The van der Waals surface area contributed by atoms with Gasteiger partial charge in [0.15, 0.2) is 0 Å². The predicted molar refractivity (Wildman–Crippen MR) is 155 cm³/mol. The van der Waals surface area contributed by atoms with Gasteiger partial charge in [0.2, 0.25) is 0 Å². The lowest BCUT2D eigenvalue weighted by Crippen LogP contribution is -2.55. The van der Waals surface area contributed by atoms with E-state index >= 15 is 0 Å². The summed E-state index contributed by atoms with van der Waals surface area (Å²) in [5.74, 6) is 2.96. The lowest BCUT2D eigenvalue weighted by atomic mass is 9.73. The maximum absolute atomic E-state index is 7.23. The lowest BCUT2D eigenvalue weighted by molar-refractivity contribution is -0.0352. The van der Waals surface area contributed by atoms with Crippen molar-refractivity contribution >= 4 is 32.4 Å². The first kappa shape index (κ1) is 23.2. The van der Waals surface area contributed by atoms with Gasteiger partial charge in [-0.3, -0.25) is 9.88 Å². The van der Waals surface area contributed by atoms with Gasteiger partial charge in [0.05, 0.1) is 18.7 Å². The zero-order valence-electron chi connectivity index (χ0n) is 21.7. The van der Waals surface area contributed by atoms with E-state index in [-0.39, 0.29) is 12.1 Å². The highest BCUT2D eigenvalue weighted by molar-refractivity contribution is 6.10. The second kappa shape index (κ2) is 9.45. The molecule has 3 saturated heterocycles. The summed E-state index contributed by atoms with van der Waals surface area (Å²) in [5, 5.41) is 5.90. The number of piperidine rings is 3. The number of ether oxygens (including phenoxy) is 2. The van der Waals surface area contributed by atoms with Gasteiger partial charge in [-0.1, -0.05) is 54.6 Å². The summed E-state index contributed by atoms with van der Waals surface area (Å²) in [6.45, 7) is 6.29. The van der Waals surface area contributed by atoms with Crippen molar-refractivity contribution < 1.29 is 9.47 Å². The zero-order chi connectivity index (χ0) is 25.6. The highest BCUT2D eigenvalue weighted by Gasteiger charge is 2.44. The fraction of sp³-hybridized carbons (Fsp3) is 0.265. The van der Waals surface area contributed by atoms with E-state index in [2.05, 4.69) is 89.3 Å². The normalized spacial score (nSPS) is 23.5. The Morgan fingerprint density at radius 1 is 0.947 bits per heavy atom. The minimum Gasteiger partial charge on any atom is -0.497 e. The van der Waals surface area contributed by atoms with Gasteiger partial charge in [-0.05, 0) is 77.7 Å². The molecule has 190 valence electrons. The number of nitrogens with zero attached hydrogens (tertiary/aromatic N) is 2. The van der Waals surface area contributed by atoms with Crippen LogP contribution in [0, 0.1) is 11.8 Å². The van der Waals surface area contributed by atoms with Crippen molar-refractivity contribution in [2.75, 3.05) is 20.2 Å². The summed E-state index contributed by atoms with van der Waals surface area (Å²) in [6, 6.07) is 27.9. The molecular formula is C34H32N2O2. The summed E-state index contributed by atoms with van der Waals surface area (Å²) in [4.78, 5) is 7.31. The highest BCUT2D eigenvalue weighted by Crippen LogP contribution is 2.45. The first-order chi connectivity index (χ1) is 18.7. The van der Waals surface area contributed by atoms with E-state index in [1.807, 2.05) is 18.3 Å². The fourth-order valence-corrected chi connectivity index (χ4v) is 6.82. The SMILES string of the molecule is C=C[C@H]1CN2CC[C@H]1C[C@@H]2[C@@H](Oc1cc2ccccc2c2ccccc12)c1ccnc2ccc(OC)cc12. The average molecular weight is 501 g/mol. The van der Waals surface area contributed by atoms with Gasteiger partial charge in [0.1, 0.15) is 17.6 Å². The van der Waals surface area contributed by atoms with Crippen LogP contribution in [-0.4, -0.2) is 36.1 Å². The molecule has 2 bridgehead atoms. The van der Waals surface area contributed by atoms with E-state index in [9.17, 15) is 0 Å². The molecule has 0 radical (unpaired) electrons. The minimum atomic E-state index is -0.147. The summed E-state index contributed by atoms with van der Waals surface area (Å²) < 4.78 is 12.8. The Bertz CT molecular complexity index is 1660. The van der Waals surface area contributed by atoms with Crippen molar-refractivity contribution in [1.29, 1.82) is 0 Å². The molecule has 0 saturated carbocycles. The molecule has 5 atom stereocenters. The third kappa shape index (κ3) is 3.83. The van der Waals surface area contributed by atoms with Gasteiger partial charge >= 0.3 is 0 Å². The largest absolute Gasteiger partial charge is 0.497 e. The molecule has 38 heavy (non-hydrogen) atoms. The highest BCUT2D eigenvalue weighted by atomic mass is 16.5. The number of hydrogen-bond acceptors (Lipinski definition) is 4. The monoisotopic (exact) mass is 500 g/mol. The van der Waals surface area contributed by atoms with Crippen molar-refractivity contribution in [2.24, 2.45) is 11.8 Å². The summed E-state index contributed by atoms with van der Waals surface area (Å²) in [5.41, 5.74) is 2.12. The number of hydrogen-bond donors (Lipinski definition) is 0. The van der Waals surface area contributed by atoms with Crippen LogP contribution in [0.1, 0.15) is 24.5 Å². The number of pyridine rings is 1. The number of fused-ring (bicyclic) bond motifs is 7. The first-order valence-corrected chi connectivity index (χ1v) is 13.6. The predicted octanol–water partition coefficient (Wildman–Crippen LogP) is 7.57. The third-order valence-electron chi connectivity index (χ3n) is 8.78. The molecule has 0 amide bonds. The summed E-state index contributed by atoms with van der Waals surface area (Å²) >= 11 is 0. The van der Waals surface area contributed by atoms with Gasteiger partial charge in [-0.2, -0.15) is 0 Å². The molecule has 3 aliphatic rings. The zero-order valence-corrected chi connectivity index (χ0v) is 21.7. The number of methoxy groups -OCH3 is 1. The molecule has 4 aromatic carbocycles. The maximum atomic E-state index is 7.23. The van der Waals surface area contributed by atoms with Crippen LogP contribution in [0.4, 0.5) is 0 Å². The second-order valence-electron chi connectivity index (χ2n) is 10.7. The Labute approximate surface area is 223 Å². The van der Waals surface area contributed by atoms with E-state index in [1.165, 1.54) is 28.1 Å². The molecule has 4 nitrogen and oxygen atoms in total. The number of rotatable bonds is 6. The van der Waals surface area contributed by atoms with Crippen LogP contribution in [-0.2, 0) is 0 Å². The summed E-state index contributed by atoms with van der Waals surface area (Å²) in [7, 11) is 1.72. The molecule has 1 aromatic heterocycles. The standard InChI is InChI=1S/C34H32N2O2/c1-3-22-21-36-17-15-23(22)18-32(36)34(29-14-16-35-31-13-12-25(37-2)20-30(29)31)38-33-19-24-8-4-5-9-26(24)27-10-6-7-11-28(27)33/h3-14,16,19-20,22-23,32,34H,1,15,17-18,21H2,2H3/t22-,23-,32+,34-/m0/s1. The topological polar surface area (TPSA) is 34.6 Å². The molecular weight excluding hydrogens is 468 g/mol. The number of benzene rings is 4. The third-order valence-corrected chi connectivity index (χ3v) is 8.78. The molecule has 8 rings (SSSR count). The Morgan fingerprint density at radius 2 is 1.76 bits per heavy atom. The smallest absolute Gasteiger partial charge is 0.140 e. The van der Waals surface area contributed by atoms with Gasteiger partial charge < -0.3 is 9.47 Å². The van der Waals surface area contributed by atoms with Crippen molar-refractivity contribution in [3.63, 3.8) is 0 Å². The van der Waals surface area contributed by atoms with E-state index in [4.69, 9.17) is 9.47 Å².